The monoisotopic (exact) mass is 184 g/mol. The highest BCUT2D eigenvalue weighted by atomic mass is 16.3. The largest absolute Gasteiger partial charge is 0.394 e. The van der Waals surface area contributed by atoms with Crippen molar-refractivity contribution in [1.82, 2.24) is 4.90 Å². The molecule has 2 rings (SSSR count). The van der Waals surface area contributed by atoms with Gasteiger partial charge in [-0.05, 0) is 38.6 Å². The lowest BCUT2D eigenvalue weighted by molar-refractivity contribution is 0.130. The second-order valence-electron chi connectivity index (χ2n) is 4.81. The molecule has 76 valence electrons. The third-order valence-electron chi connectivity index (χ3n) is 3.40. The fourth-order valence-electron chi connectivity index (χ4n) is 2.08. The first-order valence-electron chi connectivity index (χ1n) is 5.26. The summed E-state index contributed by atoms with van der Waals surface area (Å²) in [7, 11) is 2.12. The van der Waals surface area contributed by atoms with Crippen molar-refractivity contribution in [3.05, 3.63) is 0 Å². The van der Waals surface area contributed by atoms with Crippen LogP contribution < -0.4 is 5.73 Å². The Bertz CT molecular complexity index is 189. The first-order valence-corrected chi connectivity index (χ1v) is 5.26. The molecular formula is C10H20N2O. The van der Waals surface area contributed by atoms with Crippen LogP contribution in [-0.2, 0) is 0 Å². The number of hydrogen-bond acceptors (Lipinski definition) is 3. The summed E-state index contributed by atoms with van der Waals surface area (Å²) in [5, 5.41) is 9.30. The molecule has 0 aliphatic heterocycles. The maximum Gasteiger partial charge on any atom is 0.0626 e. The lowest BCUT2D eigenvalue weighted by atomic mass is 9.95. The predicted molar refractivity (Wildman–Crippen MR) is 52.4 cm³/mol. The van der Waals surface area contributed by atoms with Crippen molar-refractivity contribution in [3.63, 3.8) is 0 Å². The molecule has 1 unspecified atom stereocenters. The zero-order valence-electron chi connectivity index (χ0n) is 8.37. The van der Waals surface area contributed by atoms with Gasteiger partial charge in [-0.15, -0.1) is 0 Å². The summed E-state index contributed by atoms with van der Waals surface area (Å²) in [6.07, 6.45) is 5.02. The second kappa shape index (κ2) is 3.23. The van der Waals surface area contributed by atoms with Crippen molar-refractivity contribution in [2.45, 2.75) is 37.3 Å². The van der Waals surface area contributed by atoms with E-state index in [1.807, 2.05) is 0 Å². The van der Waals surface area contributed by atoms with Gasteiger partial charge in [0.1, 0.15) is 0 Å². The van der Waals surface area contributed by atoms with Crippen LogP contribution in [0.5, 0.6) is 0 Å². The Morgan fingerprint density at radius 3 is 2.38 bits per heavy atom. The van der Waals surface area contributed by atoms with Gasteiger partial charge in [0.25, 0.3) is 0 Å². The van der Waals surface area contributed by atoms with E-state index in [0.29, 0.717) is 5.92 Å². The van der Waals surface area contributed by atoms with E-state index in [0.717, 1.165) is 12.6 Å². The van der Waals surface area contributed by atoms with Crippen molar-refractivity contribution < 1.29 is 5.11 Å². The van der Waals surface area contributed by atoms with E-state index in [9.17, 15) is 5.11 Å². The highest BCUT2D eigenvalue weighted by molar-refractivity contribution is 5.01. The quantitative estimate of drug-likeness (QED) is 0.641. The summed E-state index contributed by atoms with van der Waals surface area (Å²) in [5.74, 6) is 0.568. The summed E-state index contributed by atoms with van der Waals surface area (Å²) in [6, 6.07) is 0.744. The summed E-state index contributed by atoms with van der Waals surface area (Å²) < 4.78 is 0. The molecule has 2 fully saturated rings. The normalized spacial score (nSPS) is 27.7. The average molecular weight is 184 g/mol. The molecule has 3 heteroatoms. The number of nitrogens with zero attached hydrogens (tertiary/aromatic N) is 1. The minimum atomic E-state index is -0.322. The minimum absolute atomic E-state index is 0.134. The summed E-state index contributed by atoms with van der Waals surface area (Å²) in [4.78, 5) is 2.31. The van der Waals surface area contributed by atoms with Crippen molar-refractivity contribution in [2.75, 3.05) is 20.2 Å². The predicted octanol–water partition coefficient (Wildman–Crippen LogP) is 0.180. The zero-order chi connectivity index (χ0) is 9.47. The molecule has 0 aromatic carbocycles. The lowest BCUT2D eigenvalue weighted by Gasteiger charge is -2.32. The van der Waals surface area contributed by atoms with E-state index in [1.54, 1.807) is 0 Å². The van der Waals surface area contributed by atoms with Gasteiger partial charge in [-0.3, -0.25) is 0 Å². The number of likely N-dealkylation sites (N-methyl/N-ethyl adjacent to an activating group) is 1. The van der Waals surface area contributed by atoms with Crippen molar-refractivity contribution in [1.29, 1.82) is 0 Å². The van der Waals surface area contributed by atoms with Crippen LogP contribution in [0.25, 0.3) is 0 Å². The molecule has 0 spiro atoms. The lowest BCUT2D eigenvalue weighted by Crippen LogP contribution is -2.54. The fraction of sp³-hybridized carbons (Fsp3) is 1.00. The minimum Gasteiger partial charge on any atom is -0.394 e. The fourth-order valence-corrected chi connectivity index (χ4v) is 2.08. The van der Waals surface area contributed by atoms with Gasteiger partial charge in [0.2, 0.25) is 0 Å². The van der Waals surface area contributed by atoms with Gasteiger partial charge in [-0.2, -0.15) is 0 Å². The maximum absolute atomic E-state index is 9.30. The molecule has 0 aromatic rings. The van der Waals surface area contributed by atoms with E-state index >= 15 is 0 Å². The van der Waals surface area contributed by atoms with Gasteiger partial charge in [0.05, 0.1) is 12.1 Å². The molecule has 0 aromatic heterocycles. The van der Waals surface area contributed by atoms with Crippen LogP contribution >= 0.6 is 0 Å². The first-order chi connectivity index (χ1) is 6.15. The Kier molecular flexibility index (Phi) is 2.34. The first kappa shape index (κ1) is 9.44. The molecule has 13 heavy (non-hydrogen) atoms. The number of hydrogen-bond donors (Lipinski definition) is 2. The highest BCUT2D eigenvalue weighted by Crippen LogP contribution is 2.39. The molecule has 1 atom stereocenters. The van der Waals surface area contributed by atoms with Gasteiger partial charge in [-0.1, -0.05) is 0 Å². The van der Waals surface area contributed by atoms with Gasteiger partial charge in [-0.25, -0.2) is 0 Å². The summed E-state index contributed by atoms with van der Waals surface area (Å²) in [5.41, 5.74) is 5.86. The average Bonchev–Trinajstić information content (AvgIpc) is 2.90. The van der Waals surface area contributed by atoms with Crippen molar-refractivity contribution in [3.8, 4) is 0 Å². The van der Waals surface area contributed by atoms with Crippen LogP contribution in [0.1, 0.15) is 25.7 Å². The summed E-state index contributed by atoms with van der Waals surface area (Å²) in [6.45, 7) is 0.994. The summed E-state index contributed by atoms with van der Waals surface area (Å²) >= 11 is 0. The van der Waals surface area contributed by atoms with Crippen molar-refractivity contribution in [2.24, 2.45) is 11.7 Å². The van der Waals surface area contributed by atoms with Gasteiger partial charge >= 0.3 is 0 Å². The highest BCUT2D eigenvalue weighted by Gasteiger charge is 2.43. The van der Waals surface area contributed by atoms with E-state index in [1.165, 1.54) is 25.7 Å². The van der Waals surface area contributed by atoms with Gasteiger partial charge in [0, 0.05) is 12.6 Å². The van der Waals surface area contributed by atoms with E-state index < -0.39 is 0 Å². The van der Waals surface area contributed by atoms with E-state index in [4.69, 9.17) is 5.73 Å². The molecule has 2 aliphatic rings. The Morgan fingerprint density at radius 1 is 1.38 bits per heavy atom. The second-order valence-corrected chi connectivity index (χ2v) is 4.81. The number of aliphatic hydroxyl groups excluding tert-OH is 1. The zero-order valence-corrected chi connectivity index (χ0v) is 8.37. The standard InChI is InChI=1S/C10H20N2O/c1-12(9-4-5-9)6-10(11,7-13)8-2-3-8/h8-9,13H,2-7,11H2,1H3. The molecule has 0 saturated heterocycles. The van der Waals surface area contributed by atoms with E-state index in [-0.39, 0.29) is 12.1 Å². The third-order valence-corrected chi connectivity index (χ3v) is 3.40. The van der Waals surface area contributed by atoms with Crippen LogP contribution in [0.2, 0.25) is 0 Å². The number of nitrogens with two attached hydrogens (primary N) is 1. The molecule has 0 heterocycles. The Morgan fingerprint density at radius 2 is 2.00 bits per heavy atom. The van der Waals surface area contributed by atoms with Crippen LogP contribution in [0, 0.1) is 5.92 Å². The van der Waals surface area contributed by atoms with Crippen LogP contribution in [0.3, 0.4) is 0 Å². The van der Waals surface area contributed by atoms with Gasteiger partial charge < -0.3 is 15.7 Å². The molecular weight excluding hydrogens is 164 g/mol. The number of aliphatic hydroxyl groups is 1. The van der Waals surface area contributed by atoms with Crippen LogP contribution in [-0.4, -0.2) is 41.8 Å². The van der Waals surface area contributed by atoms with Gasteiger partial charge in [0.15, 0.2) is 0 Å². The molecule has 0 radical (unpaired) electrons. The van der Waals surface area contributed by atoms with Crippen LogP contribution in [0.15, 0.2) is 0 Å². The molecule has 0 bridgehead atoms. The molecule has 3 N–H and O–H groups in total. The SMILES string of the molecule is CN(CC(N)(CO)C1CC1)C1CC1. The molecule has 3 nitrogen and oxygen atoms in total. The third kappa shape index (κ3) is 2.03. The molecule has 2 aliphatic carbocycles. The Balaban J connectivity index is 1.87. The Labute approximate surface area is 79.9 Å². The topological polar surface area (TPSA) is 49.5 Å². The number of rotatable bonds is 5. The van der Waals surface area contributed by atoms with Crippen LogP contribution in [0.4, 0.5) is 0 Å². The smallest absolute Gasteiger partial charge is 0.0626 e. The maximum atomic E-state index is 9.30. The van der Waals surface area contributed by atoms with Crippen molar-refractivity contribution >= 4 is 0 Å². The molecule has 0 amide bonds. The van der Waals surface area contributed by atoms with E-state index in [2.05, 4.69) is 11.9 Å². The Hall–Kier alpha value is -0.120. The molecule has 2 saturated carbocycles.